The molecule has 0 N–H and O–H groups in total. The van der Waals surface area contributed by atoms with Gasteiger partial charge in [0, 0.05) is 12.8 Å². The summed E-state index contributed by atoms with van der Waals surface area (Å²) in [4.78, 5) is 37.7. The maximum atomic E-state index is 12.7. The summed E-state index contributed by atoms with van der Waals surface area (Å²) in [6.07, 6.45) is 54.8. The molecule has 0 amide bonds. The predicted octanol–water partition coefficient (Wildman–Crippen LogP) is 15.4. The first kappa shape index (κ1) is 62.2. The summed E-state index contributed by atoms with van der Waals surface area (Å²) in [5.74, 6) is -0.844. The Balaban J connectivity index is 4.13. The Bertz CT molecular complexity index is 1180. The number of likely N-dealkylation sites (N-methyl/N-ethyl adjacent to an activating group) is 1. The molecule has 0 bridgehead atoms. The van der Waals surface area contributed by atoms with Crippen molar-refractivity contribution in [2.24, 2.45) is 0 Å². The first-order chi connectivity index (χ1) is 31.0. The lowest BCUT2D eigenvalue weighted by atomic mass is 10.0. The van der Waals surface area contributed by atoms with Crippen molar-refractivity contribution in [3.05, 3.63) is 36.5 Å². The highest BCUT2D eigenvalue weighted by Gasteiger charge is 2.21. The SMILES string of the molecule is CC/C=C\C/C=C\C/C=C\CCCCCCCC(=O)OC(COC(=O)CCCCCCCCCCCCCCCCCCCCCCCCCCC)COP(=O)([O-])OCC[N+](C)(C)C. The third kappa shape index (κ3) is 49.7. The van der Waals surface area contributed by atoms with Crippen molar-refractivity contribution in [3.63, 3.8) is 0 Å². The van der Waals surface area contributed by atoms with Crippen LogP contribution < -0.4 is 4.89 Å². The maximum absolute atomic E-state index is 12.7. The summed E-state index contributed by atoms with van der Waals surface area (Å²) >= 11 is 0. The van der Waals surface area contributed by atoms with Crippen LogP contribution in [0.25, 0.3) is 0 Å². The van der Waals surface area contributed by atoms with Gasteiger partial charge in [0.2, 0.25) is 0 Å². The summed E-state index contributed by atoms with van der Waals surface area (Å²) < 4.78 is 34.0. The van der Waals surface area contributed by atoms with E-state index in [1.54, 1.807) is 0 Å². The second kappa shape index (κ2) is 46.3. The molecule has 9 nitrogen and oxygen atoms in total. The second-order valence-electron chi connectivity index (χ2n) is 19.2. The van der Waals surface area contributed by atoms with Crippen LogP contribution in [0.1, 0.15) is 245 Å². The molecule has 376 valence electrons. The highest BCUT2D eigenvalue weighted by molar-refractivity contribution is 7.45. The van der Waals surface area contributed by atoms with E-state index < -0.39 is 26.5 Å². The molecule has 2 atom stereocenters. The van der Waals surface area contributed by atoms with Gasteiger partial charge in [0.1, 0.15) is 19.8 Å². The van der Waals surface area contributed by atoms with E-state index in [0.29, 0.717) is 17.4 Å². The van der Waals surface area contributed by atoms with Crippen molar-refractivity contribution in [2.75, 3.05) is 47.5 Å². The molecule has 0 aliphatic heterocycles. The Labute approximate surface area is 395 Å². The van der Waals surface area contributed by atoms with Crippen LogP contribution in [0.3, 0.4) is 0 Å². The number of phosphoric acid groups is 1. The standard InChI is InChI=1S/C54H102NO8P/c1-6-8-10-12-14-16-18-20-22-23-24-25-26-27-28-29-30-31-33-34-36-38-40-42-44-46-53(56)60-50-52(51-62-64(58,59)61-49-48-55(3,4)5)63-54(57)47-45-43-41-39-37-35-32-21-19-17-15-13-11-9-7-2/h9,11,15,17,21,32,52H,6-8,10,12-14,16,18-20,22-31,33-51H2,1-5H3/b11-9-,17-15-,32-21-. The number of allylic oxidation sites excluding steroid dienone is 6. The normalized spacial score (nSPS) is 13.7. The van der Waals surface area contributed by atoms with Crippen LogP contribution in [0.15, 0.2) is 36.5 Å². The molecule has 0 radical (unpaired) electrons. The maximum Gasteiger partial charge on any atom is 0.306 e. The molecule has 0 aromatic heterocycles. The number of phosphoric ester groups is 1. The fourth-order valence-electron chi connectivity index (χ4n) is 7.55. The number of unbranched alkanes of at least 4 members (excludes halogenated alkanes) is 29. The third-order valence-electron chi connectivity index (χ3n) is 11.7. The van der Waals surface area contributed by atoms with Crippen molar-refractivity contribution in [1.82, 2.24) is 0 Å². The number of carbonyl (C=O) groups is 2. The Morgan fingerprint density at radius 2 is 0.891 bits per heavy atom. The van der Waals surface area contributed by atoms with Crippen LogP contribution in [0, 0.1) is 0 Å². The Kier molecular flexibility index (Phi) is 45.1. The van der Waals surface area contributed by atoms with Crippen molar-refractivity contribution < 1.29 is 42.1 Å². The average Bonchev–Trinajstić information content (AvgIpc) is 3.25. The van der Waals surface area contributed by atoms with Gasteiger partial charge in [-0.1, -0.05) is 224 Å². The lowest BCUT2D eigenvalue weighted by Crippen LogP contribution is -2.37. The van der Waals surface area contributed by atoms with E-state index in [9.17, 15) is 19.0 Å². The second-order valence-corrected chi connectivity index (χ2v) is 20.6. The molecule has 0 aliphatic carbocycles. The van der Waals surface area contributed by atoms with Gasteiger partial charge in [-0.05, 0) is 44.9 Å². The van der Waals surface area contributed by atoms with E-state index in [4.69, 9.17) is 18.5 Å². The van der Waals surface area contributed by atoms with E-state index in [0.717, 1.165) is 70.6 Å². The number of nitrogens with zero attached hydrogens (tertiary/aromatic N) is 1. The fourth-order valence-corrected chi connectivity index (χ4v) is 8.28. The first-order valence-corrected chi connectivity index (χ1v) is 28.2. The molecule has 0 fully saturated rings. The van der Waals surface area contributed by atoms with Gasteiger partial charge in [0.05, 0.1) is 27.7 Å². The first-order valence-electron chi connectivity index (χ1n) is 26.7. The van der Waals surface area contributed by atoms with Crippen LogP contribution in [0.4, 0.5) is 0 Å². The number of carbonyl (C=O) groups excluding carboxylic acids is 2. The van der Waals surface area contributed by atoms with E-state index >= 15 is 0 Å². The number of hydrogen-bond donors (Lipinski definition) is 0. The van der Waals surface area contributed by atoms with Gasteiger partial charge in [0.15, 0.2) is 6.10 Å². The van der Waals surface area contributed by atoms with Gasteiger partial charge in [0.25, 0.3) is 7.82 Å². The average molecular weight is 924 g/mol. The van der Waals surface area contributed by atoms with Gasteiger partial charge in [-0.3, -0.25) is 14.2 Å². The minimum absolute atomic E-state index is 0.0336. The summed E-state index contributed by atoms with van der Waals surface area (Å²) in [6.45, 7) is 4.13. The molecule has 10 heteroatoms. The van der Waals surface area contributed by atoms with E-state index in [2.05, 4.69) is 50.3 Å². The summed E-state index contributed by atoms with van der Waals surface area (Å²) in [7, 11) is 1.16. The predicted molar refractivity (Wildman–Crippen MR) is 268 cm³/mol. The third-order valence-corrected chi connectivity index (χ3v) is 12.6. The van der Waals surface area contributed by atoms with E-state index in [-0.39, 0.29) is 32.0 Å². The van der Waals surface area contributed by atoms with Gasteiger partial charge < -0.3 is 27.9 Å². The van der Waals surface area contributed by atoms with Crippen LogP contribution in [-0.4, -0.2) is 70.0 Å². The van der Waals surface area contributed by atoms with Crippen molar-refractivity contribution in [1.29, 1.82) is 0 Å². The number of esters is 2. The molecule has 0 rings (SSSR count). The van der Waals surface area contributed by atoms with Crippen LogP contribution >= 0.6 is 7.82 Å². The molecule has 2 unspecified atom stereocenters. The number of ether oxygens (including phenoxy) is 2. The molecule has 64 heavy (non-hydrogen) atoms. The quantitative estimate of drug-likeness (QED) is 0.0195. The van der Waals surface area contributed by atoms with Crippen molar-refractivity contribution in [3.8, 4) is 0 Å². The minimum Gasteiger partial charge on any atom is -0.756 e. The van der Waals surface area contributed by atoms with Crippen LogP contribution in [-0.2, 0) is 32.7 Å². The molecule has 0 spiro atoms. The highest BCUT2D eigenvalue weighted by Crippen LogP contribution is 2.38. The topological polar surface area (TPSA) is 111 Å². The zero-order valence-corrected chi connectivity index (χ0v) is 43.4. The van der Waals surface area contributed by atoms with Crippen molar-refractivity contribution in [2.45, 2.75) is 251 Å². The van der Waals surface area contributed by atoms with Gasteiger partial charge in [-0.25, -0.2) is 0 Å². The molecule has 0 aromatic rings. The Hall–Kier alpha value is -1.77. The molecular formula is C54H102NO8P. The molecule has 0 aromatic carbocycles. The van der Waals surface area contributed by atoms with Crippen molar-refractivity contribution >= 4 is 19.8 Å². The monoisotopic (exact) mass is 924 g/mol. The molecule has 0 heterocycles. The Morgan fingerprint density at radius 3 is 1.33 bits per heavy atom. The largest absolute Gasteiger partial charge is 0.756 e. The van der Waals surface area contributed by atoms with E-state index in [1.165, 1.54) is 141 Å². The molecule has 0 saturated heterocycles. The minimum atomic E-state index is -4.63. The lowest BCUT2D eigenvalue weighted by molar-refractivity contribution is -0.870. The van der Waals surface area contributed by atoms with Gasteiger partial charge in [-0.15, -0.1) is 0 Å². The zero-order valence-electron chi connectivity index (χ0n) is 42.5. The number of quaternary nitrogens is 1. The fraction of sp³-hybridized carbons (Fsp3) is 0.852. The van der Waals surface area contributed by atoms with E-state index in [1.807, 2.05) is 21.1 Å². The zero-order chi connectivity index (χ0) is 47.1. The van der Waals surface area contributed by atoms with Crippen LogP contribution in [0.5, 0.6) is 0 Å². The molecule has 0 aliphatic rings. The lowest BCUT2D eigenvalue weighted by Gasteiger charge is -2.28. The number of hydrogen-bond acceptors (Lipinski definition) is 8. The highest BCUT2D eigenvalue weighted by atomic mass is 31.2. The summed E-state index contributed by atoms with van der Waals surface area (Å²) in [6, 6.07) is 0. The van der Waals surface area contributed by atoms with Gasteiger partial charge in [-0.2, -0.15) is 0 Å². The van der Waals surface area contributed by atoms with Gasteiger partial charge >= 0.3 is 11.9 Å². The molecular weight excluding hydrogens is 822 g/mol. The summed E-state index contributed by atoms with van der Waals surface area (Å²) in [5, 5.41) is 0. The number of rotatable bonds is 49. The smallest absolute Gasteiger partial charge is 0.306 e. The Morgan fingerprint density at radius 1 is 0.500 bits per heavy atom. The summed E-state index contributed by atoms with van der Waals surface area (Å²) in [5.41, 5.74) is 0. The molecule has 0 saturated carbocycles. The van der Waals surface area contributed by atoms with Crippen LogP contribution in [0.2, 0.25) is 0 Å².